The number of phenolic OH excluding ortho intramolecular Hbond substituents is 1. The van der Waals surface area contributed by atoms with Gasteiger partial charge in [-0.1, -0.05) is 18.2 Å². The maximum absolute atomic E-state index is 12.9. The molecule has 0 unspecified atom stereocenters. The van der Waals surface area contributed by atoms with Crippen LogP contribution >= 0.6 is 0 Å². The number of aromatic hydroxyl groups is 1. The predicted octanol–water partition coefficient (Wildman–Crippen LogP) is 3.39. The number of rotatable bonds is 3. The van der Waals surface area contributed by atoms with Crippen molar-refractivity contribution >= 4 is 22.6 Å². The number of phenols is 1. The standard InChI is InChI=1S/C25H28N4O3/c1-17-6-7-19-21(16-17)26-23(20-4-2-3-5-22(20)30)27-24(19)28-10-8-18(9-11-28)25(31)29-12-14-32-15-13-29/h2-7,16,18,30H,8-15H2,1H3. The zero-order valence-corrected chi connectivity index (χ0v) is 18.3. The van der Waals surface area contributed by atoms with Crippen LogP contribution in [0, 0.1) is 12.8 Å². The number of amides is 1. The Balaban J connectivity index is 1.44. The third-order valence-electron chi connectivity index (χ3n) is 6.44. The van der Waals surface area contributed by atoms with Gasteiger partial charge >= 0.3 is 0 Å². The van der Waals surface area contributed by atoms with Crippen molar-refractivity contribution in [2.75, 3.05) is 44.3 Å². The third-order valence-corrected chi connectivity index (χ3v) is 6.44. The van der Waals surface area contributed by atoms with Crippen molar-refractivity contribution in [1.82, 2.24) is 14.9 Å². The number of hydrogen-bond acceptors (Lipinski definition) is 6. The Kier molecular flexibility index (Phi) is 5.66. The molecule has 0 atom stereocenters. The maximum Gasteiger partial charge on any atom is 0.225 e. The summed E-state index contributed by atoms with van der Waals surface area (Å²) in [5.74, 6) is 1.86. The van der Waals surface area contributed by atoms with E-state index in [1.807, 2.05) is 24.0 Å². The lowest BCUT2D eigenvalue weighted by Crippen LogP contribution is -2.47. The van der Waals surface area contributed by atoms with Gasteiger partial charge in [-0.3, -0.25) is 4.79 Å². The molecule has 2 aliphatic rings. The number of anilines is 1. The fraction of sp³-hybridized carbons (Fsp3) is 0.400. The third kappa shape index (κ3) is 4.00. The number of morpholine rings is 1. The van der Waals surface area contributed by atoms with Crippen LogP contribution in [0.4, 0.5) is 5.82 Å². The minimum Gasteiger partial charge on any atom is -0.507 e. The molecule has 32 heavy (non-hydrogen) atoms. The van der Waals surface area contributed by atoms with Crippen molar-refractivity contribution in [3.05, 3.63) is 48.0 Å². The minimum atomic E-state index is 0.0531. The second-order valence-corrected chi connectivity index (χ2v) is 8.61. The molecule has 3 heterocycles. The van der Waals surface area contributed by atoms with E-state index in [2.05, 4.69) is 23.1 Å². The van der Waals surface area contributed by atoms with Gasteiger partial charge in [0.05, 0.1) is 24.3 Å². The molecule has 166 valence electrons. The Hall–Kier alpha value is -3.19. The summed E-state index contributed by atoms with van der Waals surface area (Å²) in [4.78, 5) is 26.8. The first-order chi connectivity index (χ1) is 15.6. The monoisotopic (exact) mass is 432 g/mol. The summed E-state index contributed by atoms with van der Waals surface area (Å²) >= 11 is 0. The van der Waals surface area contributed by atoms with Gasteiger partial charge in [-0.15, -0.1) is 0 Å². The largest absolute Gasteiger partial charge is 0.507 e. The molecule has 7 heteroatoms. The molecule has 5 rings (SSSR count). The Morgan fingerprint density at radius 3 is 2.53 bits per heavy atom. The molecule has 1 aromatic heterocycles. The smallest absolute Gasteiger partial charge is 0.225 e. The highest BCUT2D eigenvalue weighted by atomic mass is 16.5. The Labute approximate surface area is 187 Å². The molecule has 7 nitrogen and oxygen atoms in total. The molecule has 2 aliphatic heterocycles. The van der Waals surface area contributed by atoms with Crippen molar-refractivity contribution in [3.8, 4) is 17.1 Å². The van der Waals surface area contributed by atoms with Gasteiger partial charge in [-0.05, 0) is 49.6 Å². The van der Waals surface area contributed by atoms with Gasteiger partial charge in [-0.2, -0.15) is 0 Å². The normalized spacial score (nSPS) is 17.7. The van der Waals surface area contributed by atoms with E-state index in [9.17, 15) is 9.90 Å². The fourth-order valence-electron chi connectivity index (χ4n) is 4.63. The van der Waals surface area contributed by atoms with E-state index in [1.165, 1.54) is 0 Å². The number of piperidine rings is 1. The Morgan fingerprint density at radius 2 is 1.78 bits per heavy atom. The van der Waals surface area contributed by atoms with E-state index >= 15 is 0 Å². The second kappa shape index (κ2) is 8.74. The molecule has 2 fully saturated rings. The lowest BCUT2D eigenvalue weighted by Gasteiger charge is -2.36. The van der Waals surface area contributed by atoms with Gasteiger partial charge in [0.25, 0.3) is 0 Å². The second-order valence-electron chi connectivity index (χ2n) is 8.61. The Bertz CT molecular complexity index is 1140. The lowest BCUT2D eigenvalue weighted by molar-refractivity contribution is -0.140. The molecule has 2 aromatic carbocycles. The zero-order chi connectivity index (χ0) is 22.1. The minimum absolute atomic E-state index is 0.0531. The summed E-state index contributed by atoms with van der Waals surface area (Å²) < 4.78 is 5.38. The van der Waals surface area contributed by atoms with E-state index in [4.69, 9.17) is 14.7 Å². The van der Waals surface area contributed by atoms with Gasteiger partial charge in [0.15, 0.2) is 5.82 Å². The number of para-hydroxylation sites is 1. The number of benzene rings is 2. The number of ether oxygens (including phenoxy) is 1. The van der Waals surface area contributed by atoms with Crippen molar-refractivity contribution in [2.45, 2.75) is 19.8 Å². The summed E-state index contributed by atoms with van der Waals surface area (Å²) in [6, 6.07) is 13.4. The maximum atomic E-state index is 12.9. The number of nitrogens with zero attached hydrogens (tertiary/aromatic N) is 4. The van der Waals surface area contributed by atoms with Gasteiger partial charge in [-0.25, -0.2) is 9.97 Å². The van der Waals surface area contributed by atoms with E-state index in [-0.39, 0.29) is 17.6 Å². The quantitative estimate of drug-likeness (QED) is 0.684. The molecule has 0 saturated carbocycles. The van der Waals surface area contributed by atoms with Crippen LogP contribution in [0.15, 0.2) is 42.5 Å². The molecular weight excluding hydrogens is 404 g/mol. The fourth-order valence-corrected chi connectivity index (χ4v) is 4.63. The van der Waals surface area contributed by atoms with Crippen molar-refractivity contribution < 1.29 is 14.6 Å². The average molecular weight is 433 g/mol. The van der Waals surface area contributed by atoms with Crippen LogP contribution in [0.5, 0.6) is 5.75 Å². The van der Waals surface area contributed by atoms with E-state index < -0.39 is 0 Å². The molecule has 1 N–H and O–H groups in total. The average Bonchev–Trinajstić information content (AvgIpc) is 2.83. The summed E-state index contributed by atoms with van der Waals surface area (Å²) in [5, 5.41) is 11.4. The highest BCUT2D eigenvalue weighted by molar-refractivity contribution is 5.92. The van der Waals surface area contributed by atoms with E-state index in [0.29, 0.717) is 37.7 Å². The van der Waals surface area contributed by atoms with Crippen LogP contribution in [-0.4, -0.2) is 65.3 Å². The molecule has 0 radical (unpaired) electrons. The molecule has 0 spiro atoms. The first kappa shape index (κ1) is 20.7. The van der Waals surface area contributed by atoms with Gasteiger partial charge in [0.2, 0.25) is 5.91 Å². The zero-order valence-electron chi connectivity index (χ0n) is 18.3. The van der Waals surface area contributed by atoms with Gasteiger partial charge in [0, 0.05) is 37.5 Å². The SMILES string of the molecule is Cc1ccc2c(N3CCC(C(=O)N4CCOCC4)CC3)nc(-c3ccccc3O)nc2c1. The Morgan fingerprint density at radius 1 is 1.03 bits per heavy atom. The molecule has 0 aliphatic carbocycles. The summed E-state index contributed by atoms with van der Waals surface area (Å²) in [7, 11) is 0. The van der Waals surface area contributed by atoms with Crippen LogP contribution < -0.4 is 4.90 Å². The van der Waals surface area contributed by atoms with Crippen LogP contribution in [0.1, 0.15) is 18.4 Å². The van der Waals surface area contributed by atoms with Crippen molar-refractivity contribution in [2.24, 2.45) is 5.92 Å². The first-order valence-corrected chi connectivity index (χ1v) is 11.3. The predicted molar refractivity (Wildman–Crippen MR) is 124 cm³/mol. The van der Waals surface area contributed by atoms with Crippen LogP contribution in [0.25, 0.3) is 22.3 Å². The summed E-state index contributed by atoms with van der Waals surface area (Å²) in [6.45, 7) is 6.22. The highest BCUT2D eigenvalue weighted by Crippen LogP contribution is 2.33. The molecule has 0 bridgehead atoms. The lowest BCUT2D eigenvalue weighted by atomic mass is 9.94. The van der Waals surface area contributed by atoms with E-state index in [0.717, 1.165) is 48.2 Å². The van der Waals surface area contributed by atoms with Crippen molar-refractivity contribution in [3.63, 3.8) is 0 Å². The molecule has 3 aromatic rings. The highest BCUT2D eigenvalue weighted by Gasteiger charge is 2.30. The number of carbonyl (C=O) groups is 1. The number of aryl methyl sites for hydroxylation is 1. The number of carbonyl (C=O) groups excluding carboxylic acids is 1. The summed E-state index contributed by atoms with van der Waals surface area (Å²) in [6.07, 6.45) is 1.61. The van der Waals surface area contributed by atoms with E-state index in [1.54, 1.807) is 12.1 Å². The number of fused-ring (bicyclic) bond motifs is 1. The van der Waals surface area contributed by atoms with Crippen LogP contribution in [-0.2, 0) is 9.53 Å². The van der Waals surface area contributed by atoms with Gasteiger partial charge < -0.3 is 19.6 Å². The van der Waals surface area contributed by atoms with Crippen LogP contribution in [0.3, 0.4) is 0 Å². The molecular formula is C25H28N4O3. The number of hydrogen-bond donors (Lipinski definition) is 1. The number of aromatic nitrogens is 2. The van der Waals surface area contributed by atoms with Crippen molar-refractivity contribution in [1.29, 1.82) is 0 Å². The first-order valence-electron chi connectivity index (χ1n) is 11.3. The van der Waals surface area contributed by atoms with Crippen LogP contribution in [0.2, 0.25) is 0 Å². The molecule has 1 amide bonds. The topological polar surface area (TPSA) is 78.8 Å². The van der Waals surface area contributed by atoms with Gasteiger partial charge in [0.1, 0.15) is 11.6 Å². The molecule has 2 saturated heterocycles. The summed E-state index contributed by atoms with van der Waals surface area (Å²) in [5.41, 5.74) is 2.61.